The number of aryl methyl sites for hydroxylation is 4. The number of ketones is 1. The van der Waals surface area contributed by atoms with Crippen LogP contribution >= 0.6 is 11.8 Å². The molecule has 32 heavy (non-hydrogen) atoms. The summed E-state index contributed by atoms with van der Waals surface area (Å²) in [6.07, 6.45) is 1.59. The van der Waals surface area contributed by atoms with Gasteiger partial charge < -0.3 is 0 Å². The number of nitrogens with zero attached hydrogens (tertiary/aromatic N) is 1. The highest BCUT2D eigenvalue weighted by Crippen LogP contribution is 2.34. The lowest BCUT2D eigenvalue weighted by molar-refractivity contribution is 0.104. The molecule has 0 unspecified atom stereocenters. The first kappa shape index (κ1) is 22.2. The fourth-order valence-electron chi connectivity index (χ4n) is 3.94. The van der Waals surface area contributed by atoms with E-state index in [1.807, 2.05) is 50.2 Å². The van der Waals surface area contributed by atoms with E-state index in [9.17, 15) is 13.2 Å². The molecular weight excluding hydrogens is 438 g/mol. The van der Waals surface area contributed by atoms with Gasteiger partial charge in [0.05, 0.1) is 15.5 Å². The van der Waals surface area contributed by atoms with Crippen LogP contribution in [0.4, 0.5) is 0 Å². The predicted octanol–water partition coefficient (Wildman–Crippen LogP) is 5.97. The van der Waals surface area contributed by atoms with Gasteiger partial charge in [-0.2, -0.15) is 12.8 Å². The number of allylic oxidation sites excluding steroid dienone is 2. The second-order valence-electron chi connectivity index (χ2n) is 7.98. The van der Waals surface area contributed by atoms with Gasteiger partial charge in [-0.15, -0.1) is 0 Å². The molecule has 0 N–H and O–H groups in total. The van der Waals surface area contributed by atoms with E-state index in [1.54, 1.807) is 44.2 Å². The monoisotopic (exact) mass is 461 g/mol. The zero-order valence-corrected chi connectivity index (χ0v) is 20.0. The van der Waals surface area contributed by atoms with Gasteiger partial charge in [0.2, 0.25) is 0 Å². The topological polar surface area (TPSA) is 63.6 Å². The molecule has 3 aromatic rings. The largest absolute Gasteiger partial charge is 0.288 e. The Kier molecular flexibility index (Phi) is 5.93. The molecule has 0 saturated carbocycles. The standard InChI is InChI=1S/C26H23NO3S2/c1-16-9-11-20(12-10-16)31-24-15-23(21-7-5-6-8-22(21)25(24)28)27-32(29,30)26-18(3)13-17(2)14-19(26)4/h5-15H,1-4H3. The molecule has 6 heteroatoms. The van der Waals surface area contributed by atoms with Crippen molar-refractivity contribution in [1.82, 2.24) is 0 Å². The Morgan fingerprint density at radius 2 is 1.38 bits per heavy atom. The molecule has 0 bridgehead atoms. The molecule has 1 aliphatic rings. The number of benzene rings is 3. The number of thioether (sulfide) groups is 1. The first-order valence-corrected chi connectivity index (χ1v) is 12.4. The lowest BCUT2D eigenvalue weighted by Crippen LogP contribution is -2.18. The number of rotatable bonds is 4. The normalized spacial score (nSPS) is 14.9. The van der Waals surface area contributed by atoms with Crippen LogP contribution < -0.4 is 0 Å². The highest BCUT2D eigenvalue weighted by Gasteiger charge is 2.27. The van der Waals surface area contributed by atoms with E-state index in [0.717, 1.165) is 16.0 Å². The molecule has 162 valence electrons. The van der Waals surface area contributed by atoms with Crippen LogP contribution in [0.25, 0.3) is 0 Å². The van der Waals surface area contributed by atoms with E-state index in [0.29, 0.717) is 27.2 Å². The molecule has 0 heterocycles. The summed E-state index contributed by atoms with van der Waals surface area (Å²) in [7, 11) is -3.98. The van der Waals surface area contributed by atoms with Crippen molar-refractivity contribution in [3.05, 3.63) is 105 Å². The van der Waals surface area contributed by atoms with Crippen molar-refractivity contribution in [2.45, 2.75) is 37.5 Å². The van der Waals surface area contributed by atoms with E-state index in [-0.39, 0.29) is 16.4 Å². The number of hydrogen-bond acceptors (Lipinski definition) is 4. The third-order valence-electron chi connectivity index (χ3n) is 5.27. The summed E-state index contributed by atoms with van der Waals surface area (Å²) in [6, 6.07) is 18.5. The number of hydrogen-bond donors (Lipinski definition) is 0. The Balaban J connectivity index is 1.85. The van der Waals surface area contributed by atoms with E-state index in [2.05, 4.69) is 4.40 Å². The molecule has 0 atom stereocenters. The second-order valence-corrected chi connectivity index (χ2v) is 10.6. The maximum absolute atomic E-state index is 13.3. The number of Topliss-reactive ketones (excluding diaryl/α,β-unsaturated/α-hetero) is 1. The summed E-state index contributed by atoms with van der Waals surface area (Å²) in [5.41, 5.74) is 4.69. The molecule has 3 aromatic carbocycles. The maximum Gasteiger partial charge on any atom is 0.283 e. The predicted molar refractivity (Wildman–Crippen MR) is 130 cm³/mol. The molecule has 4 nitrogen and oxygen atoms in total. The highest BCUT2D eigenvalue weighted by atomic mass is 32.2. The minimum atomic E-state index is -3.98. The van der Waals surface area contributed by atoms with Crippen LogP contribution in [0.15, 0.2) is 85.8 Å². The van der Waals surface area contributed by atoms with Crippen LogP contribution in [-0.2, 0) is 10.0 Å². The fourth-order valence-corrected chi connectivity index (χ4v) is 6.27. The average Bonchev–Trinajstić information content (AvgIpc) is 2.72. The lowest BCUT2D eigenvalue weighted by Gasteiger charge is -2.18. The molecule has 0 saturated heterocycles. The molecule has 0 radical (unpaired) electrons. The van der Waals surface area contributed by atoms with Crippen molar-refractivity contribution in [1.29, 1.82) is 0 Å². The van der Waals surface area contributed by atoms with Crippen LogP contribution in [0, 0.1) is 27.7 Å². The first-order valence-electron chi connectivity index (χ1n) is 10.2. The van der Waals surface area contributed by atoms with Crippen molar-refractivity contribution in [2.75, 3.05) is 0 Å². The van der Waals surface area contributed by atoms with Gasteiger partial charge in [0, 0.05) is 16.0 Å². The molecule has 0 fully saturated rings. The van der Waals surface area contributed by atoms with Crippen LogP contribution in [0.2, 0.25) is 0 Å². The third kappa shape index (κ3) is 4.33. The Labute approximate surface area is 193 Å². The average molecular weight is 462 g/mol. The van der Waals surface area contributed by atoms with Crippen molar-refractivity contribution in [3.63, 3.8) is 0 Å². The zero-order valence-electron chi connectivity index (χ0n) is 18.3. The molecule has 0 amide bonds. The van der Waals surface area contributed by atoms with Gasteiger partial charge in [0.25, 0.3) is 10.0 Å². The number of carbonyl (C=O) groups is 1. The van der Waals surface area contributed by atoms with Crippen molar-refractivity contribution in [2.24, 2.45) is 4.40 Å². The molecule has 4 rings (SSSR count). The Morgan fingerprint density at radius 3 is 2.00 bits per heavy atom. The summed E-state index contributed by atoms with van der Waals surface area (Å²) >= 11 is 1.31. The fraction of sp³-hybridized carbons (Fsp3) is 0.154. The minimum Gasteiger partial charge on any atom is -0.288 e. The van der Waals surface area contributed by atoms with Crippen molar-refractivity contribution in [3.8, 4) is 0 Å². The Hall–Kier alpha value is -2.96. The van der Waals surface area contributed by atoms with E-state index >= 15 is 0 Å². The van der Waals surface area contributed by atoms with Gasteiger partial charge in [-0.25, -0.2) is 0 Å². The summed E-state index contributed by atoms with van der Waals surface area (Å²) < 4.78 is 30.9. The maximum atomic E-state index is 13.3. The number of fused-ring (bicyclic) bond motifs is 1. The third-order valence-corrected chi connectivity index (χ3v) is 7.90. The van der Waals surface area contributed by atoms with Gasteiger partial charge in [-0.1, -0.05) is 71.4 Å². The molecule has 0 spiro atoms. The summed E-state index contributed by atoms with van der Waals surface area (Å²) in [6.45, 7) is 7.49. The van der Waals surface area contributed by atoms with Crippen LogP contribution in [0.3, 0.4) is 0 Å². The summed E-state index contributed by atoms with van der Waals surface area (Å²) in [5.74, 6) is -0.134. The van der Waals surface area contributed by atoms with E-state index < -0.39 is 10.0 Å². The minimum absolute atomic E-state index is 0.134. The van der Waals surface area contributed by atoms with E-state index in [1.165, 1.54) is 11.8 Å². The molecule has 1 aliphatic carbocycles. The van der Waals surface area contributed by atoms with Crippen LogP contribution in [0.5, 0.6) is 0 Å². The smallest absolute Gasteiger partial charge is 0.283 e. The van der Waals surface area contributed by atoms with Crippen LogP contribution in [0.1, 0.15) is 38.2 Å². The van der Waals surface area contributed by atoms with Crippen molar-refractivity contribution < 1.29 is 13.2 Å². The second kappa shape index (κ2) is 8.52. The zero-order chi connectivity index (χ0) is 23.0. The Bertz CT molecular complexity index is 1380. The summed E-state index contributed by atoms with van der Waals surface area (Å²) in [4.78, 5) is 14.7. The first-order chi connectivity index (χ1) is 15.2. The SMILES string of the molecule is Cc1ccc(SC2=CC(=NS(=O)(=O)c3c(C)cc(C)cc3C)c3ccccc3C2=O)cc1. The quantitative estimate of drug-likeness (QED) is 0.480. The number of sulfonamides is 1. The molecule has 0 aliphatic heterocycles. The number of carbonyl (C=O) groups excluding carboxylic acids is 1. The van der Waals surface area contributed by atoms with Crippen LogP contribution in [-0.4, -0.2) is 19.9 Å². The van der Waals surface area contributed by atoms with Gasteiger partial charge in [0.1, 0.15) is 0 Å². The molecular formula is C26H23NO3S2. The highest BCUT2D eigenvalue weighted by molar-refractivity contribution is 8.04. The van der Waals surface area contributed by atoms with Gasteiger partial charge >= 0.3 is 0 Å². The van der Waals surface area contributed by atoms with Crippen molar-refractivity contribution >= 4 is 33.3 Å². The Morgan fingerprint density at radius 1 is 0.781 bits per heavy atom. The molecule has 0 aromatic heterocycles. The summed E-state index contributed by atoms with van der Waals surface area (Å²) in [5, 5.41) is 0. The lowest BCUT2D eigenvalue weighted by atomic mass is 9.94. The van der Waals surface area contributed by atoms with Gasteiger partial charge in [-0.05, 0) is 57.0 Å². The van der Waals surface area contributed by atoms with E-state index in [4.69, 9.17) is 0 Å². The van der Waals surface area contributed by atoms with Gasteiger partial charge in [0.15, 0.2) is 5.78 Å². The van der Waals surface area contributed by atoms with Gasteiger partial charge in [-0.3, -0.25) is 4.79 Å².